The van der Waals surface area contributed by atoms with Gasteiger partial charge in [0.2, 0.25) is 5.91 Å². The maximum atomic E-state index is 12.6. The summed E-state index contributed by atoms with van der Waals surface area (Å²) in [5.41, 5.74) is 4.78. The zero-order valence-corrected chi connectivity index (χ0v) is 15.4. The molecule has 0 spiro atoms. The Bertz CT molecular complexity index is 957. The van der Waals surface area contributed by atoms with E-state index >= 15 is 0 Å². The predicted molar refractivity (Wildman–Crippen MR) is 105 cm³/mol. The summed E-state index contributed by atoms with van der Waals surface area (Å²) < 4.78 is 0.996. The molecule has 1 aromatic heterocycles. The number of H-pyrrole nitrogens is 1. The first-order chi connectivity index (χ1) is 12.2. The van der Waals surface area contributed by atoms with Gasteiger partial charge in [0, 0.05) is 40.2 Å². The number of nitrogens with one attached hydrogen (secondary N) is 1. The Morgan fingerprint density at radius 2 is 1.92 bits per heavy atom. The zero-order valence-electron chi connectivity index (χ0n) is 13.8. The van der Waals surface area contributed by atoms with E-state index in [2.05, 4.69) is 51.4 Å². The van der Waals surface area contributed by atoms with Crippen molar-refractivity contribution < 1.29 is 4.79 Å². The fourth-order valence-electron chi connectivity index (χ4n) is 3.39. The summed E-state index contributed by atoms with van der Waals surface area (Å²) in [4.78, 5) is 17.9. The van der Waals surface area contributed by atoms with Crippen molar-refractivity contribution in [1.82, 2.24) is 9.88 Å². The lowest BCUT2D eigenvalue weighted by molar-refractivity contribution is -0.130. The molecular weight excluding hydrogens is 376 g/mol. The second kappa shape index (κ2) is 6.89. The van der Waals surface area contributed by atoms with E-state index in [1.165, 1.54) is 16.5 Å². The minimum Gasteiger partial charge on any atom is -0.361 e. The number of rotatable bonds is 3. The molecule has 0 saturated heterocycles. The molecule has 4 rings (SSSR count). The van der Waals surface area contributed by atoms with Crippen LogP contribution in [0.3, 0.4) is 0 Å². The first kappa shape index (κ1) is 16.2. The molecule has 0 atom stereocenters. The summed E-state index contributed by atoms with van der Waals surface area (Å²) in [5, 5.41) is 1.25. The third-order valence-electron chi connectivity index (χ3n) is 4.80. The molecule has 1 N–H and O–H groups in total. The number of hydrogen-bond donors (Lipinski definition) is 1. The molecule has 1 aliphatic heterocycles. The number of amides is 1. The zero-order chi connectivity index (χ0) is 17.2. The molecule has 1 amide bonds. The number of hydrogen-bond acceptors (Lipinski definition) is 1. The van der Waals surface area contributed by atoms with Gasteiger partial charge in [0.1, 0.15) is 0 Å². The van der Waals surface area contributed by atoms with E-state index in [1.807, 2.05) is 35.2 Å². The van der Waals surface area contributed by atoms with Gasteiger partial charge in [-0.3, -0.25) is 4.79 Å². The normalized spacial score (nSPS) is 14.6. The fraction of sp³-hybridized carbons (Fsp3) is 0.190. The van der Waals surface area contributed by atoms with E-state index in [0.717, 1.165) is 28.5 Å². The van der Waals surface area contributed by atoms with Crippen molar-refractivity contribution in [1.29, 1.82) is 0 Å². The van der Waals surface area contributed by atoms with Crippen LogP contribution in [0.2, 0.25) is 0 Å². The molecule has 2 aromatic carbocycles. The molecule has 4 heteroatoms. The number of benzene rings is 2. The van der Waals surface area contributed by atoms with Crippen molar-refractivity contribution in [3.05, 3.63) is 76.4 Å². The number of nitrogens with zero attached hydrogens (tertiary/aromatic N) is 1. The highest BCUT2D eigenvalue weighted by Crippen LogP contribution is 2.29. The van der Waals surface area contributed by atoms with E-state index < -0.39 is 0 Å². The van der Waals surface area contributed by atoms with Crippen LogP contribution in [-0.2, 0) is 11.2 Å². The summed E-state index contributed by atoms with van der Waals surface area (Å²) in [5.74, 6) is 0.182. The smallest absolute Gasteiger partial charge is 0.227 e. The Balaban J connectivity index is 1.48. The topological polar surface area (TPSA) is 36.1 Å². The summed E-state index contributed by atoms with van der Waals surface area (Å²) >= 11 is 3.52. The van der Waals surface area contributed by atoms with Crippen molar-refractivity contribution in [2.75, 3.05) is 13.1 Å². The molecular formula is C21H19BrN2O. The van der Waals surface area contributed by atoms with Crippen molar-refractivity contribution in [3.8, 4) is 0 Å². The number of carbonyl (C=O) groups excluding carboxylic acids is 1. The van der Waals surface area contributed by atoms with Crippen LogP contribution in [0.25, 0.3) is 16.5 Å². The summed E-state index contributed by atoms with van der Waals surface area (Å²) in [7, 11) is 0. The Labute approximate surface area is 155 Å². The van der Waals surface area contributed by atoms with Gasteiger partial charge < -0.3 is 9.88 Å². The largest absolute Gasteiger partial charge is 0.361 e. The van der Waals surface area contributed by atoms with Gasteiger partial charge in [-0.2, -0.15) is 0 Å². The predicted octanol–water partition coefficient (Wildman–Crippen LogP) is 4.79. The SMILES string of the molecule is O=C(Cc1ccccc1Br)N1CC=C(c2c[nH]c3ccccc23)CC1. The van der Waals surface area contributed by atoms with Crippen molar-refractivity contribution in [3.63, 3.8) is 0 Å². The van der Waals surface area contributed by atoms with Crippen LogP contribution in [-0.4, -0.2) is 28.9 Å². The quantitative estimate of drug-likeness (QED) is 0.680. The van der Waals surface area contributed by atoms with Crippen molar-refractivity contribution in [2.45, 2.75) is 12.8 Å². The van der Waals surface area contributed by atoms with E-state index in [1.54, 1.807) is 0 Å². The van der Waals surface area contributed by atoms with E-state index in [-0.39, 0.29) is 5.91 Å². The molecule has 2 heterocycles. The van der Waals surface area contributed by atoms with Gasteiger partial charge in [-0.05, 0) is 29.7 Å². The van der Waals surface area contributed by atoms with Gasteiger partial charge in [0.05, 0.1) is 6.42 Å². The molecule has 3 nitrogen and oxygen atoms in total. The monoisotopic (exact) mass is 394 g/mol. The van der Waals surface area contributed by atoms with E-state index in [4.69, 9.17) is 0 Å². The Kier molecular flexibility index (Phi) is 4.45. The number of para-hydroxylation sites is 1. The fourth-order valence-corrected chi connectivity index (χ4v) is 3.82. The van der Waals surface area contributed by atoms with Gasteiger partial charge in [-0.25, -0.2) is 0 Å². The highest BCUT2D eigenvalue weighted by atomic mass is 79.9. The first-order valence-corrected chi connectivity index (χ1v) is 9.28. The number of halogens is 1. The number of fused-ring (bicyclic) bond motifs is 1. The molecule has 0 radical (unpaired) electrons. The average Bonchev–Trinajstić information content (AvgIpc) is 3.08. The van der Waals surface area contributed by atoms with Crippen LogP contribution in [0.1, 0.15) is 17.5 Å². The minimum atomic E-state index is 0.182. The van der Waals surface area contributed by atoms with Crippen LogP contribution in [0.4, 0.5) is 0 Å². The van der Waals surface area contributed by atoms with Gasteiger partial charge in [0.25, 0.3) is 0 Å². The highest BCUT2D eigenvalue weighted by Gasteiger charge is 2.20. The Morgan fingerprint density at radius 1 is 1.12 bits per heavy atom. The van der Waals surface area contributed by atoms with Crippen LogP contribution in [0.5, 0.6) is 0 Å². The third-order valence-corrected chi connectivity index (χ3v) is 5.57. The summed E-state index contributed by atoms with van der Waals surface area (Å²) in [6, 6.07) is 16.3. The Morgan fingerprint density at radius 3 is 2.72 bits per heavy atom. The molecule has 0 bridgehead atoms. The third kappa shape index (κ3) is 3.27. The van der Waals surface area contributed by atoms with E-state index in [0.29, 0.717) is 13.0 Å². The van der Waals surface area contributed by atoms with E-state index in [9.17, 15) is 4.79 Å². The van der Waals surface area contributed by atoms with Gasteiger partial charge >= 0.3 is 0 Å². The minimum absolute atomic E-state index is 0.182. The van der Waals surface area contributed by atoms with Crippen LogP contribution in [0, 0.1) is 0 Å². The number of carbonyl (C=O) groups is 1. The van der Waals surface area contributed by atoms with Crippen molar-refractivity contribution >= 4 is 38.3 Å². The summed E-state index contributed by atoms with van der Waals surface area (Å²) in [6.07, 6.45) is 5.60. The summed E-state index contributed by atoms with van der Waals surface area (Å²) in [6.45, 7) is 1.45. The average molecular weight is 395 g/mol. The molecule has 25 heavy (non-hydrogen) atoms. The molecule has 0 fully saturated rings. The maximum absolute atomic E-state index is 12.6. The molecule has 1 aliphatic rings. The standard InChI is InChI=1S/C21H19BrN2O/c22-19-7-3-1-5-16(19)13-21(25)24-11-9-15(10-12-24)18-14-23-20-8-4-2-6-17(18)20/h1-9,14,23H,10-13H2. The van der Waals surface area contributed by atoms with Gasteiger partial charge in [-0.1, -0.05) is 58.4 Å². The van der Waals surface area contributed by atoms with Gasteiger partial charge in [0.15, 0.2) is 0 Å². The first-order valence-electron chi connectivity index (χ1n) is 8.49. The molecule has 126 valence electrons. The highest BCUT2D eigenvalue weighted by molar-refractivity contribution is 9.10. The van der Waals surface area contributed by atoms with Gasteiger partial charge in [-0.15, -0.1) is 0 Å². The molecule has 3 aromatic rings. The Hall–Kier alpha value is -2.33. The molecule has 0 aliphatic carbocycles. The van der Waals surface area contributed by atoms with Crippen LogP contribution < -0.4 is 0 Å². The van der Waals surface area contributed by atoms with Crippen molar-refractivity contribution in [2.24, 2.45) is 0 Å². The van der Waals surface area contributed by atoms with Crippen LogP contribution in [0.15, 0.2) is 65.3 Å². The second-order valence-corrected chi connectivity index (χ2v) is 7.19. The number of aromatic nitrogens is 1. The lowest BCUT2D eigenvalue weighted by Crippen LogP contribution is -2.35. The lowest BCUT2D eigenvalue weighted by atomic mass is 9.98. The lowest BCUT2D eigenvalue weighted by Gasteiger charge is -2.26. The molecule has 0 saturated carbocycles. The molecule has 0 unspecified atom stereocenters. The maximum Gasteiger partial charge on any atom is 0.227 e. The second-order valence-electron chi connectivity index (χ2n) is 6.34. The number of aromatic amines is 1. The van der Waals surface area contributed by atoms with Crippen LogP contribution >= 0.6 is 15.9 Å².